The molecule has 19 heavy (non-hydrogen) atoms. The number of carbonyl (C=O) groups is 1. The highest BCUT2D eigenvalue weighted by Gasteiger charge is 2.19. The quantitative estimate of drug-likeness (QED) is 0.775. The van der Waals surface area contributed by atoms with Crippen LogP contribution in [0.3, 0.4) is 0 Å². The number of aromatic carboxylic acids is 1. The fourth-order valence-corrected chi connectivity index (χ4v) is 2.48. The van der Waals surface area contributed by atoms with Gasteiger partial charge in [0.1, 0.15) is 5.82 Å². The maximum Gasteiger partial charge on any atom is 0.335 e. The van der Waals surface area contributed by atoms with E-state index < -0.39 is 5.97 Å². The smallest absolute Gasteiger partial charge is 0.335 e. The number of hydrogen-bond donors (Lipinski definition) is 3. The second-order valence-electron chi connectivity index (χ2n) is 5.24. The van der Waals surface area contributed by atoms with Crippen LogP contribution in [-0.4, -0.2) is 33.8 Å². The molecule has 0 amide bonds. The molecule has 1 aliphatic rings. The second-order valence-corrected chi connectivity index (χ2v) is 5.24. The largest absolute Gasteiger partial charge is 0.478 e. The van der Waals surface area contributed by atoms with E-state index in [4.69, 9.17) is 5.11 Å². The Morgan fingerprint density at radius 3 is 2.68 bits per heavy atom. The summed E-state index contributed by atoms with van der Waals surface area (Å²) < 4.78 is 0. The van der Waals surface area contributed by atoms with Crippen LogP contribution in [-0.2, 0) is 0 Å². The zero-order chi connectivity index (χ0) is 13.8. The van der Waals surface area contributed by atoms with Crippen molar-refractivity contribution in [1.82, 2.24) is 4.98 Å². The van der Waals surface area contributed by atoms with E-state index in [0.717, 1.165) is 32.2 Å². The van der Waals surface area contributed by atoms with Crippen LogP contribution in [0.15, 0.2) is 12.1 Å². The van der Waals surface area contributed by atoms with Gasteiger partial charge in [-0.3, -0.25) is 0 Å². The number of pyridine rings is 1. The second kappa shape index (κ2) is 6.02. The molecule has 1 saturated carbocycles. The van der Waals surface area contributed by atoms with Crippen LogP contribution >= 0.6 is 0 Å². The number of aromatic nitrogens is 1. The van der Waals surface area contributed by atoms with Gasteiger partial charge in [0, 0.05) is 12.2 Å². The van der Waals surface area contributed by atoms with Crippen molar-refractivity contribution in [2.24, 2.45) is 5.92 Å². The fourth-order valence-electron chi connectivity index (χ4n) is 2.48. The first-order valence-corrected chi connectivity index (χ1v) is 6.68. The van der Waals surface area contributed by atoms with Crippen molar-refractivity contribution in [3.05, 3.63) is 23.4 Å². The number of carboxylic acids is 1. The van der Waals surface area contributed by atoms with Crippen LogP contribution in [0.25, 0.3) is 0 Å². The minimum absolute atomic E-state index is 0.146. The topological polar surface area (TPSA) is 82.5 Å². The summed E-state index contributed by atoms with van der Waals surface area (Å²) in [5.41, 5.74) is 0.954. The molecule has 0 aromatic carbocycles. The molecule has 1 aromatic heterocycles. The lowest BCUT2D eigenvalue weighted by molar-refractivity contribution is 0.0696. The lowest BCUT2D eigenvalue weighted by atomic mass is 9.87. The number of hydrogen-bond acceptors (Lipinski definition) is 4. The molecular weight excluding hydrogens is 244 g/mol. The maximum absolute atomic E-state index is 11.0. The number of aliphatic hydroxyl groups excluding tert-OH is 1. The molecule has 1 fully saturated rings. The van der Waals surface area contributed by atoms with Gasteiger partial charge in [-0.15, -0.1) is 0 Å². The van der Waals surface area contributed by atoms with Crippen molar-refractivity contribution in [1.29, 1.82) is 0 Å². The minimum atomic E-state index is -0.936. The highest BCUT2D eigenvalue weighted by Crippen LogP contribution is 2.24. The molecule has 2 rings (SSSR count). The van der Waals surface area contributed by atoms with Crippen LogP contribution in [0, 0.1) is 12.8 Å². The summed E-state index contributed by atoms with van der Waals surface area (Å²) in [4.78, 5) is 15.3. The Labute approximate surface area is 112 Å². The minimum Gasteiger partial charge on any atom is -0.478 e. The van der Waals surface area contributed by atoms with Crippen LogP contribution < -0.4 is 5.32 Å². The van der Waals surface area contributed by atoms with Crippen molar-refractivity contribution >= 4 is 11.8 Å². The lowest BCUT2D eigenvalue weighted by Gasteiger charge is -2.25. The first-order valence-electron chi connectivity index (χ1n) is 6.68. The van der Waals surface area contributed by atoms with Crippen LogP contribution in [0.1, 0.15) is 41.7 Å². The molecule has 0 aliphatic heterocycles. The van der Waals surface area contributed by atoms with Gasteiger partial charge in [0.25, 0.3) is 0 Å². The van der Waals surface area contributed by atoms with Crippen molar-refractivity contribution < 1.29 is 15.0 Å². The van der Waals surface area contributed by atoms with E-state index in [0.29, 0.717) is 17.4 Å². The average Bonchev–Trinajstić information content (AvgIpc) is 2.37. The third-order valence-electron chi connectivity index (χ3n) is 3.59. The van der Waals surface area contributed by atoms with Gasteiger partial charge in [0.15, 0.2) is 0 Å². The molecule has 1 heterocycles. The average molecular weight is 264 g/mol. The van der Waals surface area contributed by atoms with Gasteiger partial charge in [-0.05, 0) is 50.7 Å². The predicted octanol–water partition coefficient (Wildman–Crippen LogP) is 2.05. The van der Waals surface area contributed by atoms with E-state index in [2.05, 4.69) is 10.3 Å². The first kappa shape index (κ1) is 13.8. The van der Waals surface area contributed by atoms with Crippen LogP contribution in [0.5, 0.6) is 0 Å². The lowest BCUT2D eigenvalue weighted by Crippen LogP contribution is -2.23. The van der Waals surface area contributed by atoms with Crippen molar-refractivity contribution in [2.75, 3.05) is 11.9 Å². The van der Waals surface area contributed by atoms with Crippen molar-refractivity contribution in [3.63, 3.8) is 0 Å². The van der Waals surface area contributed by atoms with Crippen LogP contribution in [0.4, 0.5) is 5.82 Å². The third-order valence-corrected chi connectivity index (χ3v) is 3.59. The Bertz CT molecular complexity index is 454. The summed E-state index contributed by atoms with van der Waals surface area (Å²) in [5.74, 6) is 0.205. The summed E-state index contributed by atoms with van der Waals surface area (Å²) >= 11 is 0. The zero-order valence-electron chi connectivity index (χ0n) is 11.1. The predicted molar refractivity (Wildman–Crippen MR) is 72.4 cm³/mol. The molecule has 0 radical (unpaired) electrons. The number of aliphatic hydroxyl groups is 1. The molecule has 0 saturated heterocycles. The normalized spacial score (nSPS) is 23.1. The Kier molecular flexibility index (Phi) is 4.37. The molecule has 5 nitrogen and oxygen atoms in total. The Hall–Kier alpha value is -1.62. The zero-order valence-corrected chi connectivity index (χ0v) is 11.1. The van der Waals surface area contributed by atoms with E-state index in [1.165, 1.54) is 0 Å². The Morgan fingerprint density at radius 1 is 1.37 bits per heavy atom. The maximum atomic E-state index is 11.0. The number of anilines is 1. The molecule has 1 aromatic rings. The molecular formula is C14H20N2O3. The number of nitrogens with zero attached hydrogens (tertiary/aromatic N) is 1. The molecule has 0 spiro atoms. The SMILES string of the molecule is Cc1cc(C(=O)O)cc(NCC2CCC(O)CC2)n1. The van der Waals surface area contributed by atoms with Gasteiger partial charge in [-0.1, -0.05) is 0 Å². The summed E-state index contributed by atoms with van der Waals surface area (Å²) in [6, 6.07) is 3.12. The molecule has 0 unspecified atom stereocenters. The molecule has 104 valence electrons. The number of aryl methyl sites for hydroxylation is 1. The van der Waals surface area contributed by atoms with Gasteiger partial charge in [-0.25, -0.2) is 9.78 Å². The van der Waals surface area contributed by atoms with Gasteiger partial charge < -0.3 is 15.5 Å². The summed E-state index contributed by atoms with van der Waals surface area (Å²) in [6.45, 7) is 2.57. The van der Waals surface area contributed by atoms with E-state index in [9.17, 15) is 9.90 Å². The summed E-state index contributed by atoms with van der Waals surface area (Å²) in [6.07, 6.45) is 3.58. The van der Waals surface area contributed by atoms with Gasteiger partial charge >= 0.3 is 5.97 Å². The molecule has 0 atom stereocenters. The molecule has 3 N–H and O–H groups in total. The van der Waals surface area contributed by atoms with Gasteiger partial charge in [0.05, 0.1) is 11.7 Å². The Morgan fingerprint density at radius 2 is 2.05 bits per heavy atom. The number of nitrogens with one attached hydrogen (secondary N) is 1. The monoisotopic (exact) mass is 264 g/mol. The van der Waals surface area contributed by atoms with E-state index in [-0.39, 0.29) is 11.7 Å². The summed E-state index contributed by atoms with van der Waals surface area (Å²) in [7, 11) is 0. The standard InChI is InChI=1S/C14H20N2O3/c1-9-6-11(14(18)19)7-13(16-9)15-8-10-2-4-12(17)5-3-10/h6-7,10,12,17H,2-5,8H2,1H3,(H,15,16)(H,18,19). The Balaban J connectivity index is 1.94. The van der Waals surface area contributed by atoms with Crippen LogP contribution in [0.2, 0.25) is 0 Å². The summed E-state index contributed by atoms with van der Waals surface area (Å²) in [5, 5.41) is 21.7. The molecule has 0 bridgehead atoms. The number of rotatable bonds is 4. The van der Waals surface area contributed by atoms with Gasteiger partial charge in [-0.2, -0.15) is 0 Å². The molecule has 1 aliphatic carbocycles. The highest BCUT2D eigenvalue weighted by atomic mass is 16.4. The first-order chi connectivity index (χ1) is 9.04. The van der Waals surface area contributed by atoms with Crippen molar-refractivity contribution in [2.45, 2.75) is 38.7 Å². The van der Waals surface area contributed by atoms with E-state index in [1.807, 2.05) is 0 Å². The van der Waals surface area contributed by atoms with E-state index >= 15 is 0 Å². The third kappa shape index (κ3) is 3.92. The van der Waals surface area contributed by atoms with E-state index in [1.54, 1.807) is 19.1 Å². The van der Waals surface area contributed by atoms with Gasteiger partial charge in [0.2, 0.25) is 0 Å². The van der Waals surface area contributed by atoms with Crippen molar-refractivity contribution in [3.8, 4) is 0 Å². The molecule has 5 heteroatoms. The highest BCUT2D eigenvalue weighted by molar-refractivity contribution is 5.88. The number of carboxylic acid groups (broad SMARTS) is 1. The fraction of sp³-hybridized carbons (Fsp3) is 0.571.